The first-order valence-corrected chi connectivity index (χ1v) is 7.61. The van der Waals surface area contributed by atoms with E-state index in [4.69, 9.17) is 0 Å². The van der Waals surface area contributed by atoms with E-state index in [2.05, 4.69) is 10.3 Å². The molecular weight excluding hydrogens is 290 g/mol. The Kier molecular flexibility index (Phi) is 3.06. The van der Waals surface area contributed by atoms with Crippen LogP contribution in [0.1, 0.15) is 5.56 Å². The van der Waals surface area contributed by atoms with E-state index in [1.165, 1.54) is 18.2 Å². The third-order valence-corrected chi connectivity index (χ3v) is 4.65. The van der Waals surface area contributed by atoms with Crippen molar-refractivity contribution in [2.24, 2.45) is 0 Å². The highest BCUT2D eigenvalue weighted by Gasteiger charge is 2.21. The van der Waals surface area contributed by atoms with Crippen LogP contribution in [0.15, 0.2) is 58.2 Å². The Morgan fingerprint density at radius 1 is 1.00 bits per heavy atom. The largest absolute Gasteiger partial charge is 0.292 e. The molecule has 106 valence electrons. The highest BCUT2D eigenvalue weighted by Crippen LogP contribution is 2.13. The van der Waals surface area contributed by atoms with Crippen molar-refractivity contribution in [3.63, 3.8) is 0 Å². The summed E-state index contributed by atoms with van der Waals surface area (Å²) in [4.78, 5) is 12.3. The maximum atomic E-state index is 12.5. The SMILES string of the molecule is Cc1ccc(S(=O)(=O)n2nnc3ccccc3c2=O)cc1. The minimum Gasteiger partial charge on any atom is -0.266 e. The molecule has 6 nitrogen and oxygen atoms in total. The molecule has 2 aromatic carbocycles. The fourth-order valence-corrected chi connectivity index (χ4v) is 3.07. The first-order valence-electron chi connectivity index (χ1n) is 6.17. The molecule has 0 bridgehead atoms. The van der Waals surface area contributed by atoms with Crippen LogP contribution in [0.25, 0.3) is 10.9 Å². The molecule has 0 saturated carbocycles. The second-order valence-electron chi connectivity index (χ2n) is 4.57. The van der Waals surface area contributed by atoms with E-state index >= 15 is 0 Å². The van der Waals surface area contributed by atoms with Gasteiger partial charge in [-0.15, -0.1) is 5.10 Å². The fourth-order valence-electron chi connectivity index (χ4n) is 1.94. The van der Waals surface area contributed by atoms with Crippen LogP contribution in [0.5, 0.6) is 0 Å². The molecule has 0 atom stereocenters. The van der Waals surface area contributed by atoms with Crippen molar-refractivity contribution in [2.75, 3.05) is 0 Å². The summed E-state index contributed by atoms with van der Waals surface area (Å²) in [6.45, 7) is 1.85. The molecule has 0 spiro atoms. The second kappa shape index (κ2) is 4.78. The number of hydrogen-bond acceptors (Lipinski definition) is 5. The lowest BCUT2D eigenvalue weighted by Crippen LogP contribution is -2.30. The highest BCUT2D eigenvalue weighted by molar-refractivity contribution is 7.89. The summed E-state index contributed by atoms with van der Waals surface area (Å²) in [7, 11) is -4.05. The Hall–Kier alpha value is -2.54. The van der Waals surface area contributed by atoms with Crippen molar-refractivity contribution in [3.8, 4) is 0 Å². The molecule has 0 unspecified atom stereocenters. The van der Waals surface area contributed by atoms with Gasteiger partial charge in [0.1, 0.15) is 5.52 Å². The van der Waals surface area contributed by atoms with E-state index in [1.807, 2.05) is 6.92 Å². The number of fused-ring (bicyclic) bond motifs is 1. The summed E-state index contributed by atoms with van der Waals surface area (Å²) in [5.41, 5.74) is 0.574. The van der Waals surface area contributed by atoms with Gasteiger partial charge in [-0.3, -0.25) is 4.79 Å². The van der Waals surface area contributed by atoms with Gasteiger partial charge in [-0.1, -0.05) is 33.9 Å². The number of hydrogen-bond donors (Lipinski definition) is 0. The molecule has 0 radical (unpaired) electrons. The molecule has 0 N–H and O–H groups in total. The van der Waals surface area contributed by atoms with Crippen molar-refractivity contribution in [1.82, 2.24) is 14.4 Å². The van der Waals surface area contributed by atoms with Crippen LogP contribution in [0.2, 0.25) is 0 Å². The maximum absolute atomic E-state index is 12.5. The lowest BCUT2D eigenvalue weighted by molar-refractivity contribution is 0.571. The van der Waals surface area contributed by atoms with Crippen LogP contribution in [-0.4, -0.2) is 22.8 Å². The average Bonchev–Trinajstić information content (AvgIpc) is 2.48. The Balaban J connectivity index is 2.27. The van der Waals surface area contributed by atoms with Crippen LogP contribution in [0.4, 0.5) is 0 Å². The van der Waals surface area contributed by atoms with Gasteiger partial charge < -0.3 is 0 Å². The summed E-state index contributed by atoms with van der Waals surface area (Å²) in [5, 5.41) is 7.54. The summed E-state index contributed by atoms with van der Waals surface area (Å²) in [6.07, 6.45) is 0. The molecule has 0 aliphatic rings. The molecular formula is C14H11N3O3S. The first-order chi connectivity index (χ1) is 10.00. The Morgan fingerprint density at radius 3 is 2.38 bits per heavy atom. The number of rotatable bonds is 2. The van der Waals surface area contributed by atoms with Gasteiger partial charge >= 0.3 is 0 Å². The van der Waals surface area contributed by atoms with Gasteiger partial charge in [-0.05, 0) is 36.4 Å². The lowest BCUT2D eigenvalue weighted by Gasteiger charge is -2.06. The fraction of sp³-hybridized carbons (Fsp3) is 0.0714. The molecule has 1 heterocycles. The molecule has 1 aromatic heterocycles. The van der Waals surface area contributed by atoms with Crippen LogP contribution in [0.3, 0.4) is 0 Å². The van der Waals surface area contributed by atoms with E-state index < -0.39 is 15.6 Å². The lowest BCUT2D eigenvalue weighted by atomic mass is 10.2. The van der Waals surface area contributed by atoms with Crippen molar-refractivity contribution >= 4 is 20.9 Å². The van der Waals surface area contributed by atoms with E-state index in [0.29, 0.717) is 9.60 Å². The van der Waals surface area contributed by atoms with Crippen LogP contribution < -0.4 is 5.56 Å². The standard InChI is InChI=1S/C14H11N3O3S/c1-10-6-8-11(9-7-10)21(19,20)17-14(18)12-4-2-3-5-13(12)15-16-17/h2-9H,1H3. The molecule has 21 heavy (non-hydrogen) atoms. The minimum atomic E-state index is -4.05. The highest BCUT2D eigenvalue weighted by atomic mass is 32.2. The predicted molar refractivity (Wildman–Crippen MR) is 77.6 cm³/mol. The zero-order chi connectivity index (χ0) is 15.0. The van der Waals surface area contributed by atoms with Gasteiger partial charge in [0.05, 0.1) is 10.3 Å². The van der Waals surface area contributed by atoms with Gasteiger partial charge in [-0.25, -0.2) is 0 Å². The number of aromatic nitrogens is 3. The van der Waals surface area contributed by atoms with Crippen molar-refractivity contribution in [3.05, 3.63) is 64.4 Å². The third kappa shape index (κ3) is 2.21. The summed E-state index contributed by atoms with van der Waals surface area (Å²) in [5.74, 6) is 0. The van der Waals surface area contributed by atoms with Gasteiger partial charge in [0, 0.05) is 0 Å². The van der Waals surface area contributed by atoms with E-state index in [1.54, 1.807) is 30.3 Å². The second-order valence-corrected chi connectivity index (χ2v) is 6.34. The van der Waals surface area contributed by atoms with Crippen LogP contribution in [-0.2, 0) is 10.0 Å². The molecule has 0 saturated heterocycles. The van der Waals surface area contributed by atoms with Crippen LogP contribution >= 0.6 is 0 Å². The zero-order valence-electron chi connectivity index (χ0n) is 11.1. The number of nitrogens with zero attached hydrogens (tertiary/aromatic N) is 3. The monoisotopic (exact) mass is 301 g/mol. The van der Waals surface area contributed by atoms with E-state index in [9.17, 15) is 13.2 Å². The minimum absolute atomic E-state index is 0.000203. The van der Waals surface area contributed by atoms with E-state index in [0.717, 1.165) is 5.56 Å². The topological polar surface area (TPSA) is 81.9 Å². The molecule has 0 fully saturated rings. The Labute approximate surface area is 120 Å². The molecule has 3 rings (SSSR count). The molecule has 0 aliphatic heterocycles. The summed E-state index contributed by atoms with van der Waals surface area (Å²) >= 11 is 0. The number of benzene rings is 2. The average molecular weight is 301 g/mol. The van der Waals surface area contributed by atoms with Gasteiger partial charge in [-0.2, -0.15) is 8.42 Å². The van der Waals surface area contributed by atoms with E-state index in [-0.39, 0.29) is 10.3 Å². The Morgan fingerprint density at radius 2 is 1.67 bits per heavy atom. The quantitative estimate of drug-likeness (QED) is 0.713. The Bertz CT molecular complexity index is 976. The molecule has 0 amide bonds. The number of aryl methyl sites for hydroxylation is 1. The molecule has 7 heteroatoms. The maximum Gasteiger partial charge on any atom is 0.292 e. The first kappa shape index (κ1) is 13.4. The van der Waals surface area contributed by atoms with Crippen molar-refractivity contribution in [2.45, 2.75) is 11.8 Å². The molecule has 0 aliphatic carbocycles. The van der Waals surface area contributed by atoms with Crippen molar-refractivity contribution in [1.29, 1.82) is 0 Å². The predicted octanol–water partition coefficient (Wildman–Crippen LogP) is 1.34. The van der Waals surface area contributed by atoms with Gasteiger partial charge in [0.25, 0.3) is 15.6 Å². The smallest absolute Gasteiger partial charge is 0.266 e. The van der Waals surface area contributed by atoms with Crippen LogP contribution in [0, 0.1) is 6.92 Å². The zero-order valence-corrected chi connectivity index (χ0v) is 11.9. The summed E-state index contributed by atoms with van der Waals surface area (Å²) < 4.78 is 25.4. The van der Waals surface area contributed by atoms with Crippen molar-refractivity contribution < 1.29 is 8.42 Å². The van der Waals surface area contributed by atoms with Gasteiger partial charge in [0.2, 0.25) is 0 Å². The third-order valence-electron chi connectivity index (χ3n) is 3.09. The van der Waals surface area contributed by atoms with Gasteiger partial charge in [0.15, 0.2) is 0 Å². The summed E-state index contributed by atoms with van der Waals surface area (Å²) in [6, 6.07) is 12.7. The molecule has 3 aromatic rings. The normalized spacial score (nSPS) is 11.7.